The fraction of sp³-hybridized carbons (Fsp3) is 0.143. The molecule has 1 aromatic heterocycles. The Balaban J connectivity index is 1.76. The van der Waals surface area contributed by atoms with Gasteiger partial charge in [0.2, 0.25) is 0 Å². The van der Waals surface area contributed by atoms with Crippen molar-refractivity contribution in [1.82, 2.24) is 9.88 Å². The van der Waals surface area contributed by atoms with Crippen molar-refractivity contribution in [3.05, 3.63) is 59.9 Å². The van der Waals surface area contributed by atoms with Crippen LogP contribution in [-0.4, -0.2) is 26.8 Å². The number of pyridine rings is 1. The number of hydrogen-bond acceptors (Lipinski definition) is 4. The zero-order valence-electron chi connectivity index (χ0n) is 10.1. The number of nitrogens with zero attached hydrogens (tertiary/aromatic N) is 2. The highest BCUT2D eigenvalue weighted by molar-refractivity contribution is 7.99. The molecule has 1 amide bonds. The Morgan fingerprint density at radius 2 is 1.95 bits per heavy atom. The third kappa shape index (κ3) is 2.22. The maximum absolute atomic E-state index is 12.2. The normalized spacial score (nSPS) is 17.6. The minimum Gasteiger partial charge on any atom is -0.369 e. The van der Waals surface area contributed by atoms with Crippen molar-refractivity contribution in [3.8, 4) is 0 Å². The van der Waals surface area contributed by atoms with Gasteiger partial charge in [-0.3, -0.25) is 14.7 Å². The summed E-state index contributed by atoms with van der Waals surface area (Å²) in [6.45, 7) is 0. The molecule has 5 heteroatoms. The molecule has 0 saturated carbocycles. The molecule has 1 aliphatic heterocycles. The van der Waals surface area contributed by atoms with Gasteiger partial charge in [0.25, 0.3) is 5.91 Å². The number of aromatic nitrogens is 1. The quantitative estimate of drug-likeness (QED) is 0.871. The van der Waals surface area contributed by atoms with E-state index < -0.39 is 6.23 Å². The lowest BCUT2D eigenvalue weighted by Gasteiger charge is -2.20. The predicted octanol–water partition coefficient (Wildman–Crippen LogP) is 2.28. The van der Waals surface area contributed by atoms with Gasteiger partial charge in [-0.2, -0.15) is 0 Å². The van der Waals surface area contributed by atoms with Crippen LogP contribution in [0.5, 0.6) is 0 Å². The second kappa shape index (κ2) is 5.03. The molecule has 0 radical (unpaired) electrons. The van der Waals surface area contributed by atoms with Gasteiger partial charge in [-0.25, -0.2) is 0 Å². The molecule has 1 aliphatic rings. The van der Waals surface area contributed by atoms with Gasteiger partial charge in [0.15, 0.2) is 6.23 Å². The Labute approximate surface area is 115 Å². The van der Waals surface area contributed by atoms with E-state index in [0.717, 1.165) is 4.90 Å². The highest BCUT2D eigenvalue weighted by Crippen LogP contribution is 2.33. The van der Waals surface area contributed by atoms with Crippen LogP contribution in [0.3, 0.4) is 0 Å². The summed E-state index contributed by atoms with van der Waals surface area (Å²) in [5.74, 6) is 0.295. The summed E-state index contributed by atoms with van der Waals surface area (Å²) < 4.78 is 0. The van der Waals surface area contributed by atoms with Crippen molar-refractivity contribution in [1.29, 1.82) is 0 Å². The minimum atomic E-state index is -0.849. The second-order valence-electron chi connectivity index (χ2n) is 4.19. The SMILES string of the molecule is O=C1c2ccccc2C(O)N1CSc1ccncc1. The van der Waals surface area contributed by atoms with E-state index in [2.05, 4.69) is 4.98 Å². The van der Waals surface area contributed by atoms with E-state index in [0.29, 0.717) is 17.0 Å². The Kier molecular flexibility index (Phi) is 3.23. The molecule has 3 rings (SSSR count). The van der Waals surface area contributed by atoms with Gasteiger partial charge >= 0.3 is 0 Å². The van der Waals surface area contributed by atoms with E-state index in [1.165, 1.54) is 16.7 Å². The lowest BCUT2D eigenvalue weighted by Crippen LogP contribution is -2.27. The second-order valence-corrected chi connectivity index (χ2v) is 5.21. The van der Waals surface area contributed by atoms with Gasteiger partial charge in [0.1, 0.15) is 0 Å². The summed E-state index contributed by atoms with van der Waals surface area (Å²) in [5, 5.41) is 10.2. The summed E-state index contributed by atoms with van der Waals surface area (Å²) in [7, 11) is 0. The number of hydrogen-bond donors (Lipinski definition) is 1. The number of aliphatic hydroxyl groups is 1. The third-order valence-corrected chi connectivity index (χ3v) is 4.06. The zero-order valence-corrected chi connectivity index (χ0v) is 10.9. The van der Waals surface area contributed by atoms with E-state index in [1.54, 1.807) is 24.5 Å². The molecule has 1 atom stereocenters. The molecule has 1 aromatic carbocycles. The van der Waals surface area contributed by atoms with Gasteiger partial charge in [-0.05, 0) is 18.2 Å². The number of fused-ring (bicyclic) bond motifs is 1. The van der Waals surface area contributed by atoms with Crippen molar-refractivity contribution in [2.45, 2.75) is 11.1 Å². The highest BCUT2D eigenvalue weighted by atomic mass is 32.2. The van der Waals surface area contributed by atoms with Crippen LogP contribution in [0, 0.1) is 0 Å². The van der Waals surface area contributed by atoms with Crippen LogP contribution in [0.2, 0.25) is 0 Å². The summed E-state index contributed by atoms with van der Waals surface area (Å²) in [4.78, 5) is 18.6. The molecule has 1 unspecified atom stereocenters. The fourth-order valence-corrected chi connectivity index (χ4v) is 2.92. The molecule has 2 aromatic rings. The maximum Gasteiger partial charge on any atom is 0.257 e. The molecule has 0 saturated heterocycles. The molecule has 96 valence electrons. The number of amides is 1. The zero-order chi connectivity index (χ0) is 13.2. The van der Waals surface area contributed by atoms with Crippen LogP contribution in [-0.2, 0) is 0 Å². The van der Waals surface area contributed by atoms with Gasteiger partial charge in [0.05, 0.1) is 5.88 Å². The third-order valence-electron chi connectivity index (χ3n) is 3.05. The molecule has 19 heavy (non-hydrogen) atoms. The summed E-state index contributed by atoms with van der Waals surface area (Å²) in [5.41, 5.74) is 1.27. The van der Waals surface area contributed by atoms with Gasteiger partial charge in [0, 0.05) is 28.4 Å². The van der Waals surface area contributed by atoms with Crippen LogP contribution in [0.15, 0.2) is 53.7 Å². The Bertz CT molecular complexity index is 603. The van der Waals surface area contributed by atoms with Crippen molar-refractivity contribution in [2.24, 2.45) is 0 Å². The van der Waals surface area contributed by atoms with E-state index in [1.807, 2.05) is 24.3 Å². The number of carbonyl (C=O) groups excluding carboxylic acids is 1. The first-order valence-corrected chi connectivity index (χ1v) is 6.87. The number of thioether (sulfide) groups is 1. The molecule has 0 spiro atoms. The molecule has 0 fully saturated rings. The molecule has 0 aliphatic carbocycles. The maximum atomic E-state index is 12.2. The predicted molar refractivity (Wildman–Crippen MR) is 72.5 cm³/mol. The Morgan fingerprint density at radius 3 is 2.68 bits per heavy atom. The summed E-state index contributed by atoms with van der Waals surface area (Å²) >= 11 is 1.50. The number of benzene rings is 1. The fourth-order valence-electron chi connectivity index (χ4n) is 2.06. The number of carbonyl (C=O) groups is 1. The topological polar surface area (TPSA) is 53.4 Å². The molecular formula is C14H12N2O2S. The van der Waals surface area contributed by atoms with Gasteiger partial charge in [-0.1, -0.05) is 18.2 Å². The average molecular weight is 272 g/mol. The van der Waals surface area contributed by atoms with E-state index in [-0.39, 0.29) is 5.91 Å². The summed E-state index contributed by atoms with van der Waals surface area (Å²) in [6.07, 6.45) is 2.57. The monoisotopic (exact) mass is 272 g/mol. The first-order valence-electron chi connectivity index (χ1n) is 5.88. The van der Waals surface area contributed by atoms with Crippen LogP contribution in [0.4, 0.5) is 0 Å². The first kappa shape index (κ1) is 12.2. The molecule has 1 N–H and O–H groups in total. The lowest BCUT2D eigenvalue weighted by atomic mass is 10.1. The molecule has 2 heterocycles. The first-order chi connectivity index (χ1) is 9.27. The molecule has 4 nitrogen and oxygen atoms in total. The van der Waals surface area contributed by atoms with Crippen molar-refractivity contribution in [3.63, 3.8) is 0 Å². The van der Waals surface area contributed by atoms with Crippen LogP contribution in [0.1, 0.15) is 22.1 Å². The van der Waals surface area contributed by atoms with Gasteiger partial charge in [-0.15, -0.1) is 11.8 Å². The lowest BCUT2D eigenvalue weighted by molar-refractivity contribution is 0.0271. The number of aliphatic hydroxyl groups excluding tert-OH is 1. The minimum absolute atomic E-state index is 0.121. The Morgan fingerprint density at radius 1 is 1.21 bits per heavy atom. The standard InChI is InChI=1S/C14H12N2O2S/c17-13-11-3-1-2-4-12(11)14(18)16(13)9-19-10-5-7-15-8-6-10/h1-8,13,17H,9H2. The summed E-state index contributed by atoms with van der Waals surface area (Å²) in [6, 6.07) is 10.9. The van der Waals surface area contributed by atoms with E-state index in [9.17, 15) is 9.90 Å². The highest BCUT2D eigenvalue weighted by Gasteiger charge is 2.34. The molecule has 0 bridgehead atoms. The smallest absolute Gasteiger partial charge is 0.257 e. The van der Waals surface area contributed by atoms with Crippen molar-refractivity contribution < 1.29 is 9.90 Å². The van der Waals surface area contributed by atoms with Crippen molar-refractivity contribution >= 4 is 17.7 Å². The van der Waals surface area contributed by atoms with Crippen LogP contribution >= 0.6 is 11.8 Å². The largest absolute Gasteiger partial charge is 0.369 e. The number of rotatable bonds is 3. The van der Waals surface area contributed by atoms with Crippen LogP contribution < -0.4 is 0 Å². The van der Waals surface area contributed by atoms with E-state index >= 15 is 0 Å². The van der Waals surface area contributed by atoms with Gasteiger partial charge < -0.3 is 5.11 Å². The average Bonchev–Trinajstić information content (AvgIpc) is 2.71. The van der Waals surface area contributed by atoms with Crippen molar-refractivity contribution in [2.75, 3.05) is 5.88 Å². The Hall–Kier alpha value is -1.85. The van der Waals surface area contributed by atoms with E-state index in [4.69, 9.17) is 0 Å². The van der Waals surface area contributed by atoms with Crippen LogP contribution in [0.25, 0.3) is 0 Å². The molecular weight excluding hydrogens is 260 g/mol.